The van der Waals surface area contributed by atoms with Crippen LogP contribution < -0.4 is 0 Å². The summed E-state index contributed by atoms with van der Waals surface area (Å²) in [6.45, 7) is 5.02. The van der Waals surface area contributed by atoms with Crippen LogP contribution in [0.3, 0.4) is 0 Å². The second-order valence-electron chi connectivity index (χ2n) is 7.82. The summed E-state index contributed by atoms with van der Waals surface area (Å²) in [4.78, 5) is 2.94. The first kappa shape index (κ1) is 14.8. The molecule has 1 fully saturated rings. The molecular formula is C23H20S2. The van der Waals surface area contributed by atoms with Crippen molar-refractivity contribution in [3.05, 3.63) is 70.8 Å². The molecule has 2 heterocycles. The number of allylic oxidation sites excluding steroid dienone is 2. The molecule has 0 radical (unpaired) electrons. The van der Waals surface area contributed by atoms with Crippen molar-refractivity contribution in [2.24, 2.45) is 0 Å². The lowest BCUT2D eigenvalue weighted by Crippen LogP contribution is -2.45. The normalized spacial score (nSPS) is 31.6. The molecule has 2 aromatic rings. The van der Waals surface area contributed by atoms with Crippen LogP contribution in [0, 0.1) is 0 Å². The second-order valence-corrected chi connectivity index (χ2v) is 10.7. The first-order valence-electron chi connectivity index (χ1n) is 9.18. The van der Waals surface area contributed by atoms with Crippen molar-refractivity contribution < 1.29 is 0 Å². The highest BCUT2D eigenvalue weighted by Crippen LogP contribution is 2.73. The fraction of sp³-hybridized carbons (Fsp3) is 0.304. The first-order valence-corrected chi connectivity index (χ1v) is 10.8. The van der Waals surface area contributed by atoms with Crippen LogP contribution in [0.1, 0.15) is 44.2 Å². The summed E-state index contributed by atoms with van der Waals surface area (Å²) in [5.74, 6) is 0. The average Bonchev–Trinajstić information content (AvgIpc) is 3.25. The third-order valence-corrected chi connectivity index (χ3v) is 9.95. The van der Waals surface area contributed by atoms with Crippen LogP contribution >= 0.6 is 23.5 Å². The van der Waals surface area contributed by atoms with Gasteiger partial charge in [0, 0.05) is 9.79 Å². The van der Waals surface area contributed by atoms with E-state index in [-0.39, 0.29) is 9.49 Å². The van der Waals surface area contributed by atoms with E-state index in [0.29, 0.717) is 0 Å². The molecule has 124 valence electrons. The summed E-state index contributed by atoms with van der Waals surface area (Å²) in [5.41, 5.74) is 9.64. The molecule has 2 aromatic carbocycles. The quantitative estimate of drug-likeness (QED) is 0.505. The Morgan fingerprint density at radius 2 is 1.12 bits per heavy atom. The molecule has 0 aromatic heterocycles. The van der Waals surface area contributed by atoms with Crippen LogP contribution in [0.5, 0.6) is 0 Å². The zero-order valence-electron chi connectivity index (χ0n) is 14.6. The molecule has 0 amide bonds. The van der Waals surface area contributed by atoms with Crippen LogP contribution in [0.4, 0.5) is 0 Å². The van der Waals surface area contributed by atoms with Gasteiger partial charge >= 0.3 is 0 Å². The van der Waals surface area contributed by atoms with Gasteiger partial charge in [-0.3, -0.25) is 0 Å². The summed E-state index contributed by atoms with van der Waals surface area (Å²) in [7, 11) is 0. The minimum Gasteiger partial charge on any atom is -0.112 e. The predicted molar refractivity (Wildman–Crippen MR) is 109 cm³/mol. The van der Waals surface area contributed by atoms with Gasteiger partial charge in [-0.2, -0.15) is 0 Å². The Morgan fingerprint density at radius 1 is 0.680 bits per heavy atom. The van der Waals surface area contributed by atoms with Gasteiger partial charge in [-0.1, -0.05) is 36.4 Å². The van der Waals surface area contributed by atoms with Gasteiger partial charge in [-0.25, -0.2) is 0 Å². The van der Waals surface area contributed by atoms with E-state index in [1.807, 2.05) is 0 Å². The van der Waals surface area contributed by atoms with Gasteiger partial charge in [0.15, 0.2) is 0 Å². The molecule has 0 N–H and O–H groups in total. The molecule has 2 heteroatoms. The number of hydrogen-bond donors (Lipinski definition) is 0. The van der Waals surface area contributed by atoms with Gasteiger partial charge in [-0.15, -0.1) is 23.5 Å². The monoisotopic (exact) mass is 360 g/mol. The molecule has 4 aliphatic rings. The molecule has 0 nitrogen and oxygen atoms in total. The smallest absolute Gasteiger partial charge is 0.0624 e. The molecule has 0 spiro atoms. The van der Waals surface area contributed by atoms with Gasteiger partial charge in [0.25, 0.3) is 0 Å². The van der Waals surface area contributed by atoms with Crippen LogP contribution in [-0.2, 0) is 0 Å². The Morgan fingerprint density at radius 3 is 1.60 bits per heavy atom. The summed E-state index contributed by atoms with van der Waals surface area (Å²) in [5, 5.41) is 0. The van der Waals surface area contributed by atoms with Crippen molar-refractivity contribution in [2.75, 3.05) is 0 Å². The van der Waals surface area contributed by atoms with Crippen molar-refractivity contribution in [1.29, 1.82) is 0 Å². The van der Waals surface area contributed by atoms with Crippen molar-refractivity contribution in [1.82, 2.24) is 0 Å². The Kier molecular flexibility index (Phi) is 2.75. The van der Waals surface area contributed by atoms with E-state index in [9.17, 15) is 0 Å². The fourth-order valence-corrected chi connectivity index (χ4v) is 8.70. The van der Waals surface area contributed by atoms with Gasteiger partial charge in [0.2, 0.25) is 0 Å². The minimum absolute atomic E-state index is 0.110. The highest BCUT2D eigenvalue weighted by atomic mass is 32.2. The topological polar surface area (TPSA) is 0 Å². The zero-order chi connectivity index (χ0) is 16.8. The van der Waals surface area contributed by atoms with Crippen LogP contribution in [-0.4, -0.2) is 9.49 Å². The van der Waals surface area contributed by atoms with Crippen molar-refractivity contribution in [3.8, 4) is 0 Å². The standard InChI is InChI=1S/C23H20S2/c1-22-20(16-8-3-5-12-18(16)24-22)14-10-7-11-15(14)21-17-9-4-6-13-19(17)25-23(21,22)2/h3-6,8-9,12-13H,7,10-11H2,1-2H3. The summed E-state index contributed by atoms with van der Waals surface area (Å²) >= 11 is 4.21. The number of thioether (sulfide) groups is 2. The molecule has 0 saturated heterocycles. The van der Waals surface area contributed by atoms with E-state index in [1.165, 1.54) is 40.2 Å². The lowest BCUT2D eigenvalue weighted by atomic mass is 9.69. The second kappa shape index (κ2) is 4.66. The van der Waals surface area contributed by atoms with Gasteiger partial charge < -0.3 is 0 Å². The van der Waals surface area contributed by atoms with E-state index >= 15 is 0 Å². The molecular weight excluding hydrogens is 340 g/mol. The average molecular weight is 361 g/mol. The van der Waals surface area contributed by atoms with Crippen LogP contribution in [0.25, 0.3) is 11.1 Å². The molecule has 2 atom stereocenters. The fourth-order valence-electron chi connectivity index (χ4n) is 5.45. The van der Waals surface area contributed by atoms with Crippen molar-refractivity contribution >= 4 is 34.7 Å². The Balaban J connectivity index is 1.74. The zero-order valence-corrected chi connectivity index (χ0v) is 16.2. The summed E-state index contributed by atoms with van der Waals surface area (Å²) < 4.78 is 0.220. The Labute approximate surface area is 157 Å². The maximum absolute atomic E-state index is 2.51. The number of hydrogen-bond acceptors (Lipinski definition) is 2. The Hall–Kier alpha value is -1.38. The maximum atomic E-state index is 2.51. The SMILES string of the molecule is CC12Sc3ccccc3C1=C1CCCC1=C1c3ccccc3SC12C. The summed E-state index contributed by atoms with van der Waals surface area (Å²) in [6, 6.07) is 18.2. The van der Waals surface area contributed by atoms with Gasteiger partial charge in [0.1, 0.15) is 0 Å². The molecule has 2 unspecified atom stereocenters. The minimum atomic E-state index is 0.110. The maximum Gasteiger partial charge on any atom is 0.0624 e. The largest absolute Gasteiger partial charge is 0.112 e. The Bertz CT molecular complexity index is 931. The summed E-state index contributed by atoms with van der Waals surface area (Å²) in [6.07, 6.45) is 3.81. The van der Waals surface area contributed by atoms with Gasteiger partial charge in [0.05, 0.1) is 9.49 Å². The van der Waals surface area contributed by atoms with E-state index in [0.717, 1.165) is 0 Å². The molecule has 25 heavy (non-hydrogen) atoms. The van der Waals surface area contributed by atoms with Crippen molar-refractivity contribution in [3.63, 3.8) is 0 Å². The number of benzene rings is 2. The van der Waals surface area contributed by atoms with E-state index < -0.39 is 0 Å². The van der Waals surface area contributed by atoms with Crippen molar-refractivity contribution in [2.45, 2.75) is 52.4 Å². The number of rotatable bonds is 0. The van der Waals surface area contributed by atoms with E-state index in [4.69, 9.17) is 0 Å². The third-order valence-electron chi connectivity index (χ3n) is 6.63. The molecule has 2 aliphatic heterocycles. The number of fused-ring (bicyclic) bond motifs is 8. The van der Waals surface area contributed by atoms with Crippen LogP contribution in [0.2, 0.25) is 0 Å². The lowest BCUT2D eigenvalue weighted by molar-refractivity contribution is 0.685. The third kappa shape index (κ3) is 1.60. The molecule has 2 aliphatic carbocycles. The predicted octanol–water partition coefficient (Wildman–Crippen LogP) is 6.82. The highest BCUT2D eigenvalue weighted by molar-refractivity contribution is 8.06. The lowest BCUT2D eigenvalue weighted by Gasteiger charge is -2.47. The molecule has 1 saturated carbocycles. The highest BCUT2D eigenvalue weighted by Gasteiger charge is 2.61. The van der Waals surface area contributed by atoms with E-state index in [1.54, 1.807) is 22.3 Å². The first-order chi connectivity index (χ1) is 12.1. The van der Waals surface area contributed by atoms with E-state index in [2.05, 4.69) is 85.9 Å². The molecule has 0 bridgehead atoms. The molecule has 6 rings (SSSR count). The van der Waals surface area contributed by atoms with Gasteiger partial charge in [-0.05, 0) is 78.7 Å². The van der Waals surface area contributed by atoms with Crippen LogP contribution in [0.15, 0.2) is 69.5 Å².